The van der Waals surface area contributed by atoms with Crippen molar-refractivity contribution < 1.29 is 9.31 Å². The molecular formula is C25H26BO2+. The largest absolute Gasteiger partial charge is 0.494 e. The molecule has 0 aromatic heterocycles. The Morgan fingerprint density at radius 2 is 1.46 bits per heavy atom. The summed E-state index contributed by atoms with van der Waals surface area (Å²) in [6.07, 6.45) is 9.40. The molecule has 1 heterocycles. The van der Waals surface area contributed by atoms with Crippen LogP contribution in [-0.2, 0) is 14.7 Å². The van der Waals surface area contributed by atoms with Gasteiger partial charge in [0.05, 0.1) is 28.4 Å². The van der Waals surface area contributed by atoms with Gasteiger partial charge in [-0.25, -0.2) is 0 Å². The van der Waals surface area contributed by atoms with Crippen LogP contribution in [0.25, 0.3) is 23.3 Å². The molecule has 0 saturated carbocycles. The van der Waals surface area contributed by atoms with Crippen LogP contribution in [0.15, 0.2) is 36.4 Å². The molecule has 5 rings (SSSR count). The number of rotatable bonds is 1. The van der Waals surface area contributed by atoms with Gasteiger partial charge in [0.1, 0.15) is 12.2 Å². The molecular weight excluding hydrogens is 343 g/mol. The first-order chi connectivity index (χ1) is 13.1. The van der Waals surface area contributed by atoms with Crippen molar-refractivity contribution in [2.75, 3.05) is 0 Å². The van der Waals surface area contributed by atoms with Crippen molar-refractivity contribution in [3.63, 3.8) is 0 Å². The lowest BCUT2D eigenvalue weighted by molar-refractivity contribution is 0.00578. The summed E-state index contributed by atoms with van der Waals surface area (Å²) in [5.41, 5.74) is 8.24. The van der Waals surface area contributed by atoms with Gasteiger partial charge >= 0.3 is 7.12 Å². The van der Waals surface area contributed by atoms with Crippen molar-refractivity contribution in [2.24, 2.45) is 0 Å². The van der Waals surface area contributed by atoms with Gasteiger partial charge in [0.15, 0.2) is 0 Å². The molecule has 2 aromatic carbocycles. The Morgan fingerprint density at radius 1 is 0.786 bits per heavy atom. The Hall–Kier alpha value is -2.19. The first-order valence-corrected chi connectivity index (χ1v) is 10.0. The van der Waals surface area contributed by atoms with E-state index in [1.54, 1.807) is 0 Å². The summed E-state index contributed by atoms with van der Waals surface area (Å²) in [5.74, 6) is 0. The average Bonchev–Trinajstić information content (AvgIpc) is 2.99. The fraction of sp³-hybridized carbons (Fsp3) is 0.360. The smallest absolute Gasteiger partial charge is 0.399 e. The Labute approximate surface area is 168 Å². The summed E-state index contributed by atoms with van der Waals surface area (Å²) in [6, 6.07) is 11.3. The second-order valence-electron chi connectivity index (χ2n) is 9.69. The first-order valence-electron chi connectivity index (χ1n) is 10.0. The van der Waals surface area contributed by atoms with E-state index in [4.69, 9.17) is 9.31 Å². The molecule has 0 unspecified atom stereocenters. The average molecular weight is 369 g/mol. The van der Waals surface area contributed by atoms with E-state index >= 15 is 0 Å². The van der Waals surface area contributed by atoms with Crippen LogP contribution in [0, 0.1) is 6.08 Å². The highest BCUT2D eigenvalue weighted by Crippen LogP contribution is 2.49. The minimum Gasteiger partial charge on any atom is -0.399 e. The van der Waals surface area contributed by atoms with E-state index in [9.17, 15) is 0 Å². The van der Waals surface area contributed by atoms with Crippen LogP contribution >= 0.6 is 0 Å². The summed E-state index contributed by atoms with van der Waals surface area (Å²) in [4.78, 5) is 0. The van der Waals surface area contributed by atoms with E-state index in [2.05, 4.69) is 90.1 Å². The van der Waals surface area contributed by atoms with Crippen LogP contribution in [0.4, 0.5) is 0 Å². The fourth-order valence-electron chi connectivity index (χ4n) is 4.50. The van der Waals surface area contributed by atoms with Gasteiger partial charge in [-0.15, -0.1) is 0 Å². The zero-order chi connectivity index (χ0) is 19.9. The van der Waals surface area contributed by atoms with Crippen LogP contribution in [0.2, 0.25) is 0 Å². The molecule has 0 radical (unpaired) electrons. The number of hydrogen-bond donors (Lipinski definition) is 0. The van der Waals surface area contributed by atoms with Gasteiger partial charge in [-0.05, 0) is 55.9 Å². The minimum atomic E-state index is -0.330. The standard InChI is InChI=1S/C25H26BO2/c1-23(2)21-14-17-10-8-7-9-16(17)13-20(21)19-12-11-18(15-22(19)23)26-27-24(3,4)25(5,6)28-26/h8-15H,1-6H3/q+1. The van der Waals surface area contributed by atoms with Crippen LogP contribution < -0.4 is 5.46 Å². The summed E-state index contributed by atoms with van der Waals surface area (Å²) in [7, 11) is -0.330. The van der Waals surface area contributed by atoms with Gasteiger partial charge in [-0.2, -0.15) is 0 Å². The molecule has 3 aliphatic rings. The van der Waals surface area contributed by atoms with Crippen LogP contribution in [0.5, 0.6) is 0 Å². The lowest BCUT2D eigenvalue weighted by Crippen LogP contribution is -2.41. The van der Waals surface area contributed by atoms with E-state index in [1.807, 2.05) is 6.08 Å². The van der Waals surface area contributed by atoms with E-state index in [-0.39, 0.29) is 23.7 Å². The molecule has 1 aliphatic heterocycles. The molecule has 0 bridgehead atoms. The third-order valence-corrected chi connectivity index (χ3v) is 7.03. The van der Waals surface area contributed by atoms with Crippen molar-refractivity contribution in [2.45, 2.75) is 58.2 Å². The Kier molecular flexibility index (Phi) is 3.48. The summed E-state index contributed by atoms with van der Waals surface area (Å²) >= 11 is 0. The van der Waals surface area contributed by atoms with Gasteiger partial charge in [0, 0.05) is 23.1 Å². The highest BCUT2D eigenvalue weighted by Gasteiger charge is 2.52. The molecule has 0 spiro atoms. The van der Waals surface area contributed by atoms with Crippen LogP contribution in [0.1, 0.15) is 63.8 Å². The zero-order valence-electron chi connectivity index (χ0n) is 17.5. The molecule has 2 aliphatic carbocycles. The van der Waals surface area contributed by atoms with E-state index in [0.717, 1.165) is 5.46 Å². The molecule has 0 amide bonds. The molecule has 140 valence electrons. The number of allylic oxidation sites excluding steroid dienone is 2. The summed E-state index contributed by atoms with van der Waals surface area (Å²) < 4.78 is 12.6. The van der Waals surface area contributed by atoms with Crippen LogP contribution in [0.3, 0.4) is 0 Å². The topological polar surface area (TPSA) is 18.5 Å². The van der Waals surface area contributed by atoms with Gasteiger partial charge in [-0.3, -0.25) is 0 Å². The Morgan fingerprint density at radius 3 is 2.18 bits per heavy atom. The van der Waals surface area contributed by atoms with Gasteiger partial charge in [-0.1, -0.05) is 32.0 Å². The maximum Gasteiger partial charge on any atom is 0.494 e. The van der Waals surface area contributed by atoms with Crippen LogP contribution in [-0.4, -0.2) is 18.3 Å². The van der Waals surface area contributed by atoms with E-state index < -0.39 is 0 Å². The molecule has 1 saturated heterocycles. The van der Waals surface area contributed by atoms with Gasteiger partial charge in [0.2, 0.25) is 0 Å². The van der Waals surface area contributed by atoms with E-state index in [1.165, 1.54) is 33.4 Å². The normalized spacial score (nSPS) is 21.9. The van der Waals surface area contributed by atoms with Crippen molar-refractivity contribution in [1.29, 1.82) is 0 Å². The van der Waals surface area contributed by atoms with Gasteiger partial charge < -0.3 is 9.31 Å². The predicted octanol–water partition coefficient (Wildman–Crippen LogP) is 5.14. The number of fused-ring (bicyclic) bond motifs is 4. The lowest BCUT2D eigenvalue weighted by atomic mass is 9.74. The fourth-order valence-corrected chi connectivity index (χ4v) is 4.50. The molecule has 28 heavy (non-hydrogen) atoms. The summed E-state index contributed by atoms with van der Waals surface area (Å²) in [6.45, 7) is 13.0. The predicted molar refractivity (Wildman–Crippen MR) is 116 cm³/mol. The number of benzene rings is 2. The Balaban J connectivity index is 1.61. The molecule has 0 atom stereocenters. The molecule has 0 N–H and O–H groups in total. The summed E-state index contributed by atoms with van der Waals surface area (Å²) in [5, 5.41) is 0. The maximum absolute atomic E-state index is 6.29. The zero-order valence-corrected chi connectivity index (χ0v) is 17.5. The second-order valence-corrected chi connectivity index (χ2v) is 9.69. The molecule has 3 heteroatoms. The van der Waals surface area contributed by atoms with Crippen molar-refractivity contribution in [1.82, 2.24) is 0 Å². The molecule has 2 nitrogen and oxygen atoms in total. The Bertz CT molecular complexity index is 1040. The van der Waals surface area contributed by atoms with Crippen molar-refractivity contribution in [3.8, 4) is 11.1 Å². The van der Waals surface area contributed by atoms with E-state index in [0.29, 0.717) is 0 Å². The highest BCUT2D eigenvalue weighted by molar-refractivity contribution is 6.62. The quantitative estimate of drug-likeness (QED) is 0.512. The second kappa shape index (κ2) is 5.45. The van der Waals surface area contributed by atoms with Crippen molar-refractivity contribution in [3.05, 3.63) is 64.7 Å². The number of hydrogen-bond acceptors (Lipinski definition) is 2. The molecule has 1 fully saturated rings. The van der Waals surface area contributed by atoms with Gasteiger partial charge in [0.25, 0.3) is 0 Å². The molecule has 2 aromatic rings. The van der Waals surface area contributed by atoms with Crippen molar-refractivity contribution >= 4 is 24.7 Å². The third-order valence-electron chi connectivity index (χ3n) is 7.03. The lowest BCUT2D eigenvalue weighted by Gasteiger charge is -2.32. The third kappa shape index (κ3) is 2.34. The first kappa shape index (κ1) is 17.9. The maximum atomic E-state index is 6.29. The SMILES string of the molecule is CC1(C)c2cc(B3OC(C)(C)C(C)(C)O3)ccc2-c2cc3c(cc21)C=C[C+]=C3. The monoisotopic (exact) mass is 369 g/mol. The minimum absolute atomic E-state index is 0.0575. The highest BCUT2D eigenvalue weighted by atomic mass is 16.7.